The minimum Gasteiger partial charge on any atom is -0.481 e. The zero-order valence-corrected chi connectivity index (χ0v) is 14.7. The third kappa shape index (κ3) is 7.00. The van der Waals surface area contributed by atoms with Crippen LogP contribution in [0.4, 0.5) is 0 Å². The van der Waals surface area contributed by atoms with Gasteiger partial charge in [-0.1, -0.05) is 11.6 Å². The number of hydrogen-bond donors (Lipinski definition) is 2. The van der Waals surface area contributed by atoms with Crippen LogP contribution < -0.4 is 5.32 Å². The summed E-state index contributed by atoms with van der Waals surface area (Å²) < 4.78 is 0. The van der Waals surface area contributed by atoms with Gasteiger partial charge in [0.1, 0.15) is 0 Å². The van der Waals surface area contributed by atoms with Crippen molar-refractivity contribution in [3.63, 3.8) is 0 Å². The molecule has 1 aromatic carbocycles. The first-order chi connectivity index (χ1) is 11.3. The second kappa shape index (κ2) is 9.93. The summed E-state index contributed by atoms with van der Waals surface area (Å²) in [5, 5.41) is 12.0. The zero-order valence-electron chi connectivity index (χ0n) is 13.9. The van der Waals surface area contributed by atoms with Gasteiger partial charge in [0.15, 0.2) is 0 Å². The van der Waals surface area contributed by atoms with E-state index in [2.05, 4.69) is 5.32 Å². The van der Waals surface area contributed by atoms with Crippen LogP contribution in [0.3, 0.4) is 0 Å². The summed E-state index contributed by atoms with van der Waals surface area (Å²) in [6.07, 6.45) is 0.685. The van der Waals surface area contributed by atoms with Crippen molar-refractivity contribution in [2.24, 2.45) is 0 Å². The number of nitrogens with zero attached hydrogens (tertiary/aromatic N) is 1. The average Bonchev–Trinajstić information content (AvgIpc) is 2.51. The highest BCUT2D eigenvalue weighted by Crippen LogP contribution is 2.09. The molecule has 0 aliphatic rings. The number of rotatable bonds is 9. The topological polar surface area (TPSA) is 86.7 Å². The van der Waals surface area contributed by atoms with Crippen LogP contribution in [-0.4, -0.2) is 46.9 Å². The predicted molar refractivity (Wildman–Crippen MR) is 92.1 cm³/mol. The molecule has 24 heavy (non-hydrogen) atoms. The zero-order chi connectivity index (χ0) is 18.1. The maximum absolute atomic E-state index is 12.2. The molecule has 0 bridgehead atoms. The highest BCUT2D eigenvalue weighted by molar-refractivity contribution is 6.30. The van der Waals surface area contributed by atoms with Crippen LogP contribution in [0, 0.1) is 0 Å². The highest BCUT2D eigenvalue weighted by Gasteiger charge is 2.17. The van der Waals surface area contributed by atoms with Crippen LogP contribution >= 0.6 is 11.6 Å². The van der Waals surface area contributed by atoms with Gasteiger partial charge >= 0.3 is 5.97 Å². The molecule has 0 unspecified atom stereocenters. The molecule has 132 valence electrons. The summed E-state index contributed by atoms with van der Waals surface area (Å²) in [6, 6.07) is 6.50. The summed E-state index contributed by atoms with van der Waals surface area (Å²) >= 11 is 5.77. The van der Waals surface area contributed by atoms with Crippen molar-refractivity contribution in [3.05, 3.63) is 34.9 Å². The SMILES string of the molecule is CC(C)N(CCC(=O)O)C(=O)CCCNC(=O)c1ccc(Cl)cc1. The second-order valence-corrected chi connectivity index (χ2v) is 6.13. The number of aliphatic carboxylic acids is 1. The van der Waals surface area contributed by atoms with Crippen LogP contribution in [0.1, 0.15) is 43.5 Å². The summed E-state index contributed by atoms with van der Waals surface area (Å²) in [5.74, 6) is -1.25. The van der Waals surface area contributed by atoms with Crippen molar-refractivity contribution >= 4 is 29.4 Å². The standard InChI is InChI=1S/C17H23ClN2O4/c1-12(2)20(11-9-16(22)23)15(21)4-3-10-19-17(24)13-5-7-14(18)8-6-13/h5-8,12H,3-4,9-11H2,1-2H3,(H,19,24)(H,22,23). The molecule has 1 rings (SSSR count). The van der Waals surface area contributed by atoms with Crippen molar-refractivity contribution in [1.29, 1.82) is 0 Å². The first kappa shape index (κ1) is 20.0. The second-order valence-electron chi connectivity index (χ2n) is 5.69. The lowest BCUT2D eigenvalue weighted by molar-refractivity contribution is -0.139. The Morgan fingerprint density at radius 3 is 2.33 bits per heavy atom. The molecule has 0 atom stereocenters. The summed E-state index contributed by atoms with van der Waals surface area (Å²) in [4.78, 5) is 36.3. The molecular formula is C17H23ClN2O4. The fraction of sp³-hybridized carbons (Fsp3) is 0.471. The number of benzene rings is 1. The summed E-state index contributed by atoms with van der Waals surface area (Å²) in [7, 11) is 0. The maximum Gasteiger partial charge on any atom is 0.305 e. The minimum absolute atomic E-state index is 0.0551. The molecule has 0 radical (unpaired) electrons. The molecule has 6 nitrogen and oxygen atoms in total. The normalized spacial score (nSPS) is 10.5. The fourth-order valence-corrected chi connectivity index (χ4v) is 2.30. The van der Waals surface area contributed by atoms with E-state index in [4.69, 9.17) is 16.7 Å². The van der Waals surface area contributed by atoms with E-state index in [1.165, 1.54) is 0 Å². The lowest BCUT2D eigenvalue weighted by atomic mass is 10.2. The molecule has 0 aliphatic heterocycles. The van der Waals surface area contributed by atoms with Gasteiger partial charge in [0, 0.05) is 36.1 Å². The van der Waals surface area contributed by atoms with E-state index in [-0.39, 0.29) is 37.2 Å². The lowest BCUT2D eigenvalue weighted by Crippen LogP contribution is -2.38. The number of carbonyl (C=O) groups excluding carboxylic acids is 2. The predicted octanol–water partition coefficient (Wildman–Crippen LogP) is 2.56. The lowest BCUT2D eigenvalue weighted by Gasteiger charge is -2.26. The van der Waals surface area contributed by atoms with Gasteiger partial charge in [0.25, 0.3) is 5.91 Å². The van der Waals surface area contributed by atoms with Crippen molar-refractivity contribution in [3.8, 4) is 0 Å². The fourth-order valence-electron chi connectivity index (χ4n) is 2.18. The number of halogens is 1. The molecule has 2 N–H and O–H groups in total. The number of nitrogens with one attached hydrogen (secondary N) is 1. The van der Waals surface area contributed by atoms with Gasteiger partial charge in [0.2, 0.25) is 5.91 Å². The maximum atomic E-state index is 12.2. The van der Waals surface area contributed by atoms with E-state index in [0.717, 1.165) is 0 Å². The molecule has 0 saturated heterocycles. The van der Waals surface area contributed by atoms with Crippen LogP contribution in [0.5, 0.6) is 0 Å². The molecule has 2 amide bonds. The third-order valence-corrected chi connectivity index (χ3v) is 3.72. The Morgan fingerprint density at radius 1 is 1.17 bits per heavy atom. The molecule has 0 heterocycles. The van der Waals surface area contributed by atoms with Crippen molar-refractivity contribution in [2.75, 3.05) is 13.1 Å². The quantitative estimate of drug-likeness (QED) is 0.667. The van der Waals surface area contributed by atoms with Gasteiger partial charge in [-0.3, -0.25) is 14.4 Å². The van der Waals surface area contributed by atoms with Gasteiger partial charge in [-0.05, 0) is 44.5 Å². The van der Waals surface area contributed by atoms with Crippen LogP contribution in [-0.2, 0) is 9.59 Å². The molecule has 0 saturated carbocycles. The first-order valence-electron chi connectivity index (χ1n) is 7.86. The summed E-state index contributed by atoms with van der Waals surface area (Å²) in [5.41, 5.74) is 0.510. The van der Waals surface area contributed by atoms with E-state index in [1.54, 1.807) is 29.2 Å². The average molecular weight is 355 g/mol. The molecule has 0 spiro atoms. The largest absolute Gasteiger partial charge is 0.481 e. The minimum atomic E-state index is -0.927. The molecule has 1 aromatic rings. The number of hydrogen-bond acceptors (Lipinski definition) is 3. The van der Waals surface area contributed by atoms with Gasteiger partial charge in [-0.15, -0.1) is 0 Å². The Morgan fingerprint density at radius 2 is 1.79 bits per heavy atom. The third-order valence-electron chi connectivity index (χ3n) is 3.47. The van der Waals surface area contributed by atoms with E-state index in [1.807, 2.05) is 13.8 Å². The first-order valence-corrected chi connectivity index (χ1v) is 8.24. The Bertz CT molecular complexity index is 572. The van der Waals surface area contributed by atoms with Gasteiger partial charge in [-0.25, -0.2) is 0 Å². The van der Waals surface area contributed by atoms with Gasteiger partial charge < -0.3 is 15.3 Å². The van der Waals surface area contributed by atoms with Crippen LogP contribution in [0.25, 0.3) is 0 Å². The van der Waals surface area contributed by atoms with Crippen molar-refractivity contribution in [2.45, 2.75) is 39.2 Å². The van der Waals surface area contributed by atoms with Crippen LogP contribution in [0.2, 0.25) is 5.02 Å². The van der Waals surface area contributed by atoms with Gasteiger partial charge in [0.05, 0.1) is 6.42 Å². The molecule has 0 aromatic heterocycles. The van der Waals surface area contributed by atoms with Crippen LogP contribution in [0.15, 0.2) is 24.3 Å². The Kier molecular flexibility index (Phi) is 8.26. The molecular weight excluding hydrogens is 332 g/mol. The van der Waals surface area contributed by atoms with E-state index in [0.29, 0.717) is 23.6 Å². The van der Waals surface area contributed by atoms with E-state index < -0.39 is 5.97 Å². The molecule has 0 aliphatic carbocycles. The van der Waals surface area contributed by atoms with Crippen molar-refractivity contribution in [1.82, 2.24) is 10.2 Å². The molecule has 0 fully saturated rings. The van der Waals surface area contributed by atoms with Gasteiger partial charge in [-0.2, -0.15) is 0 Å². The Labute approximate surface area is 146 Å². The number of carboxylic acids is 1. The molecule has 7 heteroatoms. The Hall–Kier alpha value is -2.08. The van der Waals surface area contributed by atoms with Crippen molar-refractivity contribution < 1.29 is 19.5 Å². The number of amides is 2. The van der Waals surface area contributed by atoms with E-state index >= 15 is 0 Å². The summed E-state index contributed by atoms with van der Waals surface area (Å²) in [6.45, 7) is 4.27. The number of carbonyl (C=O) groups is 3. The Balaban J connectivity index is 2.36. The highest BCUT2D eigenvalue weighted by atomic mass is 35.5. The number of carboxylic acid groups (broad SMARTS) is 1. The van der Waals surface area contributed by atoms with E-state index in [9.17, 15) is 14.4 Å². The smallest absolute Gasteiger partial charge is 0.305 e. The monoisotopic (exact) mass is 354 g/mol.